The Bertz CT molecular complexity index is 634. The lowest BCUT2D eigenvalue weighted by Crippen LogP contribution is -2.34. The maximum Gasteiger partial charge on any atom is 0.180 e. The molecule has 2 aliphatic rings. The molecule has 1 aromatic rings. The normalized spacial score (nSPS) is 17.8. The molecule has 0 unspecified atom stereocenters. The summed E-state index contributed by atoms with van der Waals surface area (Å²) in [5.74, 6) is 0.757. The number of allylic oxidation sites excluding steroid dienone is 2. The quantitative estimate of drug-likeness (QED) is 0.557. The molecule has 0 N–H and O–H groups in total. The van der Waals surface area contributed by atoms with Gasteiger partial charge in [-0.05, 0) is 23.6 Å². The summed E-state index contributed by atoms with van der Waals surface area (Å²) >= 11 is 0. The van der Waals surface area contributed by atoms with E-state index in [1.165, 1.54) is 12.4 Å². The largest absolute Gasteiger partial charge is 0.619 e. The van der Waals surface area contributed by atoms with E-state index in [4.69, 9.17) is 0 Å². The lowest BCUT2D eigenvalue weighted by molar-refractivity contribution is -0.605. The maximum absolute atomic E-state index is 11.1. The van der Waals surface area contributed by atoms with Crippen molar-refractivity contribution in [2.75, 3.05) is 13.1 Å². The summed E-state index contributed by atoms with van der Waals surface area (Å²) in [7, 11) is 0. The fourth-order valence-electron chi connectivity index (χ4n) is 2.26. The predicted octanol–water partition coefficient (Wildman–Crippen LogP) is 1.23. The Morgan fingerprint density at radius 3 is 2.89 bits per heavy atom. The third kappa shape index (κ3) is 2.08. The molecule has 0 aliphatic carbocycles. The molecule has 3 rings (SSSR count). The molecule has 19 heavy (non-hydrogen) atoms. The zero-order chi connectivity index (χ0) is 13.2. The highest BCUT2D eigenvalue weighted by molar-refractivity contribution is 6.07. The van der Waals surface area contributed by atoms with E-state index in [9.17, 15) is 10.5 Å². The van der Waals surface area contributed by atoms with Gasteiger partial charge in [-0.2, -0.15) is 9.99 Å². The van der Waals surface area contributed by atoms with Gasteiger partial charge in [0.25, 0.3) is 0 Å². The molecule has 0 fully saturated rings. The van der Waals surface area contributed by atoms with E-state index in [0.717, 1.165) is 41.2 Å². The third-order valence-corrected chi connectivity index (χ3v) is 3.18. The fourth-order valence-corrected chi connectivity index (χ4v) is 2.26. The van der Waals surface area contributed by atoms with Gasteiger partial charge in [0.05, 0.1) is 5.57 Å². The van der Waals surface area contributed by atoms with Crippen molar-refractivity contribution >= 4 is 11.4 Å². The van der Waals surface area contributed by atoms with Crippen LogP contribution in [0.1, 0.15) is 12.0 Å². The molecule has 0 radical (unpaired) electrons. The van der Waals surface area contributed by atoms with Gasteiger partial charge in [0, 0.05) is 31.4 Å². The van der Waals surface area contributed by atoms with Crippen LogP contribution in [0.2, 0.25) is 0 Å². The van der Waals surface area contributed by atoms with Gasteiger partial charge in [0.1, 0.15) is 11.9 Å². The van der Waals surface area contributed by atoms with Crippen molar-refractivity contribution in [1.29, 1.82) is 5.26 Å². The smallest absolute Gasteiger partial charge is 0.180 e. The zero-order valence-corrected chi connectivity index (χ0v) is 10.3. The molecule has 1 aromatic heterocycles. The Kier molecular flexibility index (Phi) is 2.76. The summed E-state index contributed by atoms with van der Waals surface area (Å²) in [6, 6.07) is 5.69. The second-order valence-corrected chi connectivity index (χ2v) is 4.45. The number of nitrogens with zero attached hydrogens (tertiary/aromatic N) is 4. The number of pyridine rings is 1. The first-order valence-corrected chi connectivity index (χ1v) is 6.12. The van der Waals surface area contributed by atoms with Crippen molar-refractivity contribution < 1.29 is 4.73 Å². The van der Waals surface area contributed by atoms with E-state index in [2.05, 4.69) is 11.1 Å². The number of amidine groups is 1. The third-order valence-electron chi connectivity index (χ3n) is 3.18. The highest BCUT2D eigenvalue weighted by Gasteiger charge is 2.22. The first-order chi connectivity index (χ1) is 9.28. The Hall–Kier alpha value is -2.61. The van der Waals surface area contributed by atoms with E-state index >= 15 is 0 Å². The topological polar surface area (TPSA) is 66.3 Å². The van der Waals surface area contributed by atoms with Crippen LogP contribution < -0.4 is 4.73 Å². The molecule has 3 heterocycles. The van der Waals surface area contributed by atoms with Gasteiger partial charge in [-0.3, -0.25) is 4.99 Å². The van der Waals surface area contributed by atoms with Gasteiger partial charge < -0.3 is 10.1 Å². The first-order valence-electron chi connectivity index (χ1n) is 6.12. The van der Waals surface area contributed by atoms with Crippen LogP contribution in [-0.2, 0) is 0 Å². The Labute approximate surface area is 111 Å². The van der Waals surface area contributed by atoms with E-state index < -0.39 is 0 Å². The Morgan fingerprint density at radius 1 is 1.37 bits per heavy atom. The summed E-state index contributed by atoms with van der Waals surface area (Å²) < 4.78 is 0.746. The summed E-state index contributed by atoms with van der Waals surface area (Å²) in [6.45, 7) is 1.64. The van der Waals surface area contributed by atoms with Gasteiger partial charge in [0.2, 0.25) is 0 Å². The van der Waals surface area contributed by atoms with Gasteiger partial charge >= 0.3 is 0 Å². The first kappa shape index (κ1) is 11.5. The van der Waals surface area contributed by atoms with E-state index in [-0.39, 0.29) is 0 Å². The maximum atomic E-state index is 11.1. The van der Waals surface area contributed by atoms with Gasteiger partial charge in [0.15, 0.2) is 12.4 Å². The van der Waals surface area contributed by atoms with Crippen LogP contribution in [0.15, 0.2) is 47.4 Å². The minimum absolute atomic E-state index is 0.580. The van der Waals surface area contributed by atoms with Crippen molar-refractivity contribution in [2.24, 2.45) is 4.99 Å². The molecule has 5 nitrogen and oxygen atoms in total. The molecular weight excluding hydrogens is 240 g/mol. The SMILES string of the molecule is N#CC1=CC(c2cc[n+]([O-])cc2)=CN2CCCN=C12. The van der Waals surface area contributed by atoms with Crippen LogP contribution >= 0.6 is 0 Å². The van der Waals surface area contributed by atoms with Crippen LogP contribution in [-0.4, -0.2) is 23.8 Å². The predicted molar refractivity (Wildman–Crippen MR) is 70.7 cm³/mol. The van der Waals surface area contributed by atoms with E-state index in [0.29, 0.717) is 5.57 Å². The van der Waals surface area contributed by atoms with Crippen molar-refractivity contribution in [2.45, 2.75) is 6.42 Å². The van der Waals surface area contributed by atoms with Crippen LogP contribution in [0.4, 0.5) is 0 Å². The molecule has 0 saturated carbocycles. The molecule has 94 valence electrons. The van der Waals surface area contributed by atoms with E-state index in [1.807, 2.05) is 17.2 Å². The van der Waals surface area contributed by atoms with Crippen molar-refractivity contribution in [3.63, 3.8) is 0 Å². The number of rotatable bonds is 1. The lowest BCUT2D eigenvalue weighted by Gasteiger charge is -2.29. The highest BCUT2D eigenvalue weighted by Crippen LogP contribution is 2.25. The summed E-state index contributed by atoms with van der Waals surface area (Å²) in [6.07, 6.45) is 7.71. The second-order valence-electron chi connectivity index (χ2n) is 4.45. The monoisotopic (exact) mass is 252 g/mol. The highest BCUT2D eigenvalue weighted by atomic mass is 16.5. The van der Waals surface area contributed by atoms with Crippen molar-refractivity contribution in [3.05, 3.63) is 53.1 Å². The molecule has 0 bridgehead atoms. The Morgan fingerprint density at radius 2 is 2.16 bits per heavy atom. The second kappa shape index (κ2) is 4.58. The minimum Gasteiger partial charge on any atom is -0.619 e. The average Bonchev–Trinajstić information content (AvgIpc) is 2.47. The molecule has 2 aliphatic heterocycles. The van der Waals surface area contributed by atoms with Crippen LogP contribution in [0.3, 0.4) is 0 Å². The summed E-state index contributed by atoms with van der Waals surface area (Å²) in [4.78, 5) is 6.41. The van der Waals surface area contributed by atoms with Gasteiger partial charge in [-0.25, -0.2) is 0 Å². The number of aromatic nitrogens is 1. The number of aliphatic imine (C=N–C) groups is 1. The summed E-state index contributed by atoms with van der Waals surface area (Å²) in [5.41, 5.74) is 2.43. The Balaban J connectivity index is 2.03. The minimum atomic E-state index is 0.580. The standard InChI is InChI=1S/C14H12N4O/c15-9-12-8-13(11-2-6-18(19)7-3-11)10-17-5-1-4-16-14(12)17/h2-3,6-8,10H,1,4-5H2. The van der Waals surface area contributed by atoms with Gasteiger partial charge in [-0.1, -0.05) is 0 Å². The summed E-state index contributed by atoms with van der Waals surface area (Å²) in [5, 5.41) is 20.3. The number of fused-ring (bicyclic) bond motifs is 1. The van der Waals surface area contributed by atoms with Crippen LogP contribution in [0.5, 0.6) is 0 Å². The number of nitriles is 1. The molecule has 0 spiro atoms. The van der Waals surface area contributed by atoms with Crippen LogP contribution in [0.25, 0.3) is 5.57 Å². The van der Waals surface area contributed by atoms with Crippen molar-refractivity contribution in [3.8, 4) is 6.07 Å². The van der Waals surface area contributed by atoms with Crippen molar-refractivity contribution in [1.82, 2.24) is 4.90 Å². The van der Waals surface area contributed by atoms with Crippen LogP contribution in [0, 0.1) is 16.5 Å². The zero-order valence-electron chi connectivity index (χ0n) is 10.3. The lowest BCUT2D eigenvalue weighted by atomic mass is 10.0. The molecule has 0 amide bonds. The molecule has 5 heteroatoms. The van der Waals surface area contributed by atoms with Gasteiger partial charge in [-0.15, -0.1) is 0 Å². The average molecular weight is 252 g/mol. The molecule has 0 saturated heterocycles. The number of hydrogen-bond acceptors (Lipinski definition) is 4. The molecular formula is C14H12N4O. The fraction of sp³-hybridized carbons (Fsp3) is 0.214. The molecule has 0 aromatic carbocycles. The van der Waals surface area contributed by atoms with E-state index in [1.54, 1.807) is 12.1 Å². The number of hydrogen-bond donors (Lipinski definition) is 0. The molecule has 0 atom stereocenters.